The number of nitrogens with one attached hydrogen (secondary N) is 1. The summed E-state index contributed by atoms with van der Waals surface area (Å²) in [5.41, 5.74) is -0.963. The SMILES string of the molecule is O=S1(=O)CCC(Nc2c(F)c(F)cc(F)c2F)C1. The van der Waals surface area contributed by atoms with Crippen LogP contribution in [-0.2, 0) is 9.84 Å². The fourth-order valence-corrected chi connectivity index (χ4v) is 3.49. The summed E-state index contributed by atoms with van der Waals surface area (Å²) < 4.78 is 74.7. The highest BCUT2D eigenvalue weighted by Crippen LogP contribution is 2.26. The second kappa shape index (κ2) is 4.42. The lowest BCUT2D eigenvalue weighted by atomic mass is 10.2. The lowest BCUT2D eigenvalue weighted by molar-refractivity contribution is 0.457. The van der Waals surface area contributed by atoms with Gasteiger partial charge in [-0.05, 0) is 6.42 Å². The van der Waals surface area contributed by atoms with Crippen molar-refractivity contribution in [3.05, 3.63) is 29.3 Å². The Balaban J connectivity index is 2.30. The van der Waals surface area contributed by atoms with Gasteiger partial charge in [-0.25, -0.2) is 26.0 Å². The van der Waals surface area contributed by atoms with E-state index in [1.165, 1.54) is 0 Å². The molecule has 100 valence electrons. The van der Waals surface area contributed by atoms with Crippen LogP contribution in [0.5, 0.6) is 0 Å². The second-order valence-corrected chi connectivity index (χ2v) is 6.32. The highest BCUT2D eigenvalue weighted by molar-refractivity contribution is 7.91. The lowest BCUT2D eigenvalue weighted by Crippen LogP contribution is -2.22. The molecule has 0 radical (unpaired) electrons. The molecule has 0 aliphatic carbocycles. The first-order valence-corrected chi connectivity index (χ1v) is 6.92. The van der Waals surface area contributed by atoms with Gasteiger partial charge < -0.3 is 5.32 Å². The van der Waals surface area contributed by atoms with E-state index in [4.69, 9.17) is 0 Å². The van der Waals surface area contributed by atoms with Gasteiger partial charge in [0.05, 0.1) is 11.5 Å². The second-order valence-electron chi connectivity index (χ2n) is 4.09. The molecule has 1 fully saturated rings. The summed E-state index contributed by atoms with van der Waals surface area (Å²) in [6, 6.07) is -0.651. The monoisotopic (exact) mass is 283 g/mol. The molecular formula is C10H9F4NO2S. The average Bonchev–Trinajstić information content (AvgIpc) is 2.62. The fraction of sp³-hybridized carbons (Fsp3) is 0.400. The standard InChI is InChI=1S/C10H9F4NO2S/c11-6-3-7(12)9(14)10(8(6)13)15-5-1-2-18(16,17)4-5/h3,5,15H,1-2,4H2. The van der Waals surface area contributed by atoms with Crippen molar-refractivity contribution in [2.45, 2.75) is 12.5 Å². The Morgan fingerprint density at radius 1 is 1.11 bits per heavy atom. The van der Waals surface area contributed by atoms with E-state index >= 15 is 0 Å². The summed E-state index contributed by atoms with van der Waals surface area (Å²) in [7, 11) is -3.26. The van der Waals surface area contributed by atoms with Crippen LogP contribution in [-0.4, -0.2) is 26.0 Å². The minimum atomic E-state index is -3.26. The Morgan fingerprint density at radius 2 is 1.67 bits per heavy atom. The van der Waals surface area contributed by atoms with Gasteiger partial charge in [-0.3, -0.25) is 0 Å². The van der Waals surface area contributed by atoms with Crippen molar-refractivity contribution in [3.8, 4) is 0 Å². The van der Waals surface area contributed by atoms with E-state index < -0.39 is 44.8 Å². The van der Waals surface area contributed by atoms with Crippen LogP contribution in [0.4, 0.5) is 23.2 Å². The maximum Gasteiger partial charge on any atom is 0.185 e. The van der Waals surface area contributed by atoms with Gasteiger partial charge >= 0.3 is 0 Å². The Bertz CT molecular complexity index is 562. The number of hydrogen-bond acceptors (Lipinski definition) is 3. The highest BCUT2D eigenvalue weighted by Gasteiger charge is 2.30. The summed E-state index contributed by atoms with van der Waals surface area (Å²) in [4.78, 5) is 0. The third kappa shape index (κ3) is 2.43. The summed E-state index contributed by atoms with van der Waals surface area (Å²) >= 11 is 0. The highest BCUT2D eigenvalue weighted by atomic mass is 32.2. The van der Waals surface area contributed by atoms with Crippen LogP contribution in [0.2, 0.25) is 0 Å². The molecule has 1 aliphatic rings. The molecule has 0 spiro atoms. The summed E-state index contributed by atoms with van der Waals surface area (Å²) in [6.07, 6.45) is 0.138. The largest absolute Gasteiger partial charge is 0.376 e. The van der Waals surface area contributed by atoms with Gasteiger partial charge in [-0.2, -0.15) is 0 Å². The van der Waals surface area contributed by atoms with Crippen molar-refractivity contribution in [1.29, 1.82) is 0 Å². The van der Waals surface area contributed by atoms with Gasteiger partial charge in [0, 0.05) is 12.1 Å². The molecule has 1 aromatic carbocycles. The first-order chi connectivity index (χ1) is 8.30. The summed E-state index contributed by atoms with van der Waals surface area (Å²) in [5, 5.41) is 2.21. The molecule has 18 heavy (non-hydrogen) atoms. The van der Waals surface area contributed by atoms with E-state index in [-0.39, 0.29) is 24.0 Å². The third-order valence-corrected chi connectivity index (χ3v) is 4.46. The Labute approximate surface area is 101 Å². The van der Waals surface area contributed by atoms with Crippen molar-refractivity contribution < 1.29 is 26.0 Å². The van der Waals surface area contributed by atoms with Gasteiger partial charge in [0.2, 0.25) is 0 Å². The first-order valence-electron chi connectivity index (χ1n) is 5.10. The molecule has 1 atom stereocenters. The van der Waals surface area contributed by atoms with Crippen LogP contribution in [0.1, 0.15) is 6.42 Å². The van der Waals surface area contributed by atoms with E-state index in [2.05, 4.69) is 5.32 Å². The molecule has 2 rings (SSSR count). The van der Waals surface area contributed by atoms with Gasteiger partial charge in [-0.1, -0.05) is 0 Å². The first kappa shape index (κ1) is 13.1. The fourth-order valence-electron chi connectivity index (χ4n) is 1.81. The smallest absolute Gasteiger partial charge is 0.185 e. The lowest BCUT2D eigenvalue weighted by Gasteiger charge is -2.14. The van der Waals surface area contributed by atoms with E-state index in [1.807, 2.05) is 0 Å². The maximum absolute atomic E-state index is 13.3. The van der Waals surface area contributed by atoms with Crippen molar-refractivity contribution in [2.24, 2.45) is 0 Å². The average molecular weight is 283 g/mol. The molecule has 0 amide bonds. The Morgan fingerprint density at radius 3 is 2.11 bits per heavy atom. The number of halogens is 4. The van der Waals surface area contributed by atoms with Gasteiger partial charge in [0.15, 0.2) is 33.1 Å². The van der Waals surface area contributed by atoms with Crippen molar-refractivity contribution in [3.63, 3.8) is 0 Å². The van der Waals surface area contributed by atoms with Crippen molar-refractivity contribution in [2.75, 3.05) is 16.8 Å². The Kier molecular flexibility index (Phi) is 3.22. The quantitative estimate of drug-likeness (QED) is 0.665. The maximum atomic E-state index is 13.3. The van der Waals surface area contributed by atoms with Gasteiger partial charge in [-0.15, -0.1) is 0 Å². The molecule has 1 aromatic rings. The minimum absolute atomic E-state index is 0.0985. The number of sulfone groups is 1. The molecule has 3 nitrogen and oxygen atoms in total. The Hall–Kier alpha value is -1.31. The van der Waals surface area contributed by atoms with Crippen LogP contribution in [0, 0.1) is 23.3 Å². The zero-order chi connectivity index (χ0) is 13.5. The van der Waals surface area contributed by atoms with E-state index in [0.29, 0.717) is 0 Å². The number of rotatable bonds is 2. The van der Waals surface area contributed by atoms with Crippen LogP contribution in [0.25, 0.3) is 0 Å². The van der Waals surface area contributed by atoms with E-state index in [9.17, 15) is 26.0 Å². The van der Waals surface area contributed by atoms with Gasteiger partial charge in [0.1, 0.15) is 5.69 Å². The van der Waals surface area contributed by atoms with Crippen LogP contribution >= 0.6 is 0 Å². The number of hydrogen-bond donors (Lipinski definition) is 1. The van der Waals surface area contributed by atoms with Crippen LogP contribution < -0.4 is 5.32 Å². The number of anilines is 1. The topological polar surface area (TPSA) is 46.2 Å². The molecule has 1 N–H and O–H groups in total. The number of benzene rings is 1. The van der Waals surface area contributed by atoms with Crippen molar-refractivity contribution >= 4 is 15.5 Å². The minimum Gasteiger partial charge on any atom is -0.376 e. The van der Waals surface area contributed by atoms with Crippen LogP contribution in [0.15, 0.2) is 6.07 Å². The molecule has 0 bridgehead atoms. The predicted octanol–water partition coefficient (Wildman–Crippen LogP) is 1.84. The predicted molar refractivity (Wildman–Crippen MR) is 57.0 cm³/mol. The van der Waals surface area contributed by atoms with Crippen LogP contribution in [0.3, 0.4) is 0 Å². The summed E-state index contributed by atoms with van der Waals surface area (Å²) in [6.45, 7) is 0. The molecule has 0 aromatic heterocycles. The summed E-state index contributed by atoms with van der Waals surface area (Å²) in [5.74, 6) is -6.61. The molecule has 1 saturated heterocycles. The molecular weight excluding hydrogens is 274 g/mol. The normalized spacial score (nSPS) is 22.1. The zero-order valence-corrected chi connectivity index (χ0v) is 9.83. The molecule has 8 heteroatoms. The van der Waals surface area contributed by atoms with Crippen molar-refractivity contribution in [1.82, 2.24) is 0 Å². The molecule has 1 heterocycles. The van der Waals surface area contributed by atoms with Gasteiger partial charge in [0.25, 0.3) is 0 Å². The third-order valence-electron chi connectivity index (χ3n) is 2.69. The van der Waals surface area contributed by atoms with E-state index in [1.54, 1.807) is 0 Å². The molecule has 1 unspecified atom stereocenters. The van der Waals surface area contributed by atoms with E-state index in [0.717, 1.165) is 0 Å². The molecule has 0 saturated carbocycles. The zero-order valence-electron chi connectivity index (χ0n) is 9.01. The molecule has 1 aliphatic heterocycles.